The van der Waals surface area contributed by atoms with Gasteiger partial charge in [0.15, 0.2) is 0 Å². The molecular weight excluding hydrogens is 322 g/mol. The molecule has 2 fully saturated rings. The molecule has 0 radical (unpaired) electrons. The zero-order valence-corrected chi connectivity index (χ0v) is 14.5. The molecule has 8 heteroatoms. The first kappa shape index (κ1) is 17.9. The number of aromatic nitrogens is 2. The Hall–Kier alpha value is -1.93. The van der Waals surface area contributed by atoms with Crippen LogP contribution in [0.1, 0.15) is 18.7 Å². The van der Waals surface area contributed by atoms with Crippen LogP contribution in [0.25, 0.3) is 0 Å². The van der Waals surface area contributed by atoms with Crippen LogP contribution in [-0.2, 0) is 20.7 Å². The van der Waals surface area contributed by atoms with Crippen LogP contribution in [0.2, 0.25) is 0 Å². The minimum Gasteiger partial charge on any atom is -0.378 e. The summed E-state index contributed by atoms with van der Waals surface area (Å²) in [7, 11) is 0. The van der Waals surface area contributed by atoms with E-state index in [0.717, 1.165) is 18.7 Å². The topological polar surface area (TPSA) is 99.3 Å². The third kappa shape index (κ3) is 5.02. The average molecular weight is 349 g/mol. The van der Waals surface area contributed by atoms with E-state index in [9.17, 15) is 9.59 Å². The molecule has 3 rings (SSSR count). The van der Waals surface area contributed by atoms with Crippen LogP contribution in [0.4, 0.5) is 0 Å². The lowest BCUT2D eigenvalue weighted by Gasteiger charge is -2.34. The fourth-order valence-corrected chi connectivity index (χ4v) is 3.42. The summed E-state index contributed by atoms with van der Waals surface area (Å²) in [4.78, 5) is 34.1. The molecule has 138 valence electrons. The van der Waals surface area contributed by atoms with Crippen LogP contribution < -0.4 is 10.6 Å². The van der Waals surface area contributed by atoms with Gasteiger partial charge in [0.1, 0.15) is 5.82 Å². The monoisotopic (exact) mass is 349 g/mol. The predicted molar refractivity (Wildman–Crippen MR) is 91.8 cm³/mol. The number of piperidine rings is 1. The molecule has 0 saturated carbocycles. The number of rotatable bonds is 6. The molecule has 25 heavy (non-hydrogen) atoms. The van der Waals surface area contributed by atoms with Gasteiger partial charge in [-0.25, -0.2) is 4.98 Å². The third-order valence-electron chi connectivity index (χ3n) is 4.84. The Kier molecular flexibility index (Phi) is 6.41. The number of hydrogen-bond acceptors (Lipinski definition) is 5. The van der Waals surface area contributed by atoms with Crippen molar-refractivity contribution in [2.75, 3.05) is 45.9 Å². The molecule has 2 amide bonds. The Morgan fingerprint density at radius 2 is 2.08 bits per heavy atom. The van der Waals surface area contributed by atoms with Crippen molar-refractivity contribution in [3.63, 3.8) is 0 Å². The smallest absolute Gasteiger partial charge is 0.227 e. The van der Waals surface area contributed by atoms with Gasteiger partial charge in [-0.1, -0.05) is 0 Å². The highest BCUT2D eigenvalue weighted by Crippen LogP contribution is 2.19. The van der Waals surface area contributed by atoms with Gasteiger partial charge in [-0.05, 0) is 12.8 Å². The van der Waals surface area contributed by atoms with Crippen molar-refractivity contribution in [3.8, 4) is 0 Å². The molecule has 3 N–H and O–H groups in total. The zero-order valence-electron chi connectivity index (χ0n) is 14.5. The van der Waals surface area contributed by atoms with Gasteiger partial charge in [0.05, 0.1) is 25.0 Å². The van der Waals surface area contributed by atoms with E-state index in [1.54, 1.807) is 12.4 Å². The molecule has 2 atom stereocenters. The van der Waals surface area contributed by atoms with Crippen molar-refractivity contribution >= 4 is 11.8 Å². The van der Waals surface area contributed by atoms with Gasteiger partial charge in [-0.2, -0.15) is 0 Å². The van der Waals surface area contributed by atoms with Gasteiger partial charge in [-0.15, -0.1) is 0 Å². The summed E-state index contributed by atoms with van der Waals surface area (Å²) in [5, 5.41) is 6.23. The number of morpholine rings is 1. The van der Waals surface area contributed by atoms with E-state index in [4.69, 9.17) is 4.74 Å². The largest absolute Gasteiger partial charge is 0.378 e. The summed E-state index contributed by atoms with van der Waals surface area (Å²) in [6, 6.07) is 0. The van der Waals surface area contributed by atoms with Crippen LogP contribution in [-0.4, -0.2) is 72.6 Å². The van der Waals surface area contributed by atoms with Gasteiger partial charge in [0, 0.05) is 51.5 Å². The zero-order chi connectivity index (χ0) is 17.5. The fourth-order valence-electron chi connectivity index (χ4n) is 3.42. The number of imidazole rings is 1. The summed E-state index contributed by atoms with van der Waals surface area (Å²) >= 11 is 0. The van der Waals surface area contributed by atoms with E-state index in [1.807, 2.05) is 4.90 Å². The lowest BCUT2D eigenvalue weighted by molar-refractivity contribution is -0.141. The SMILES string of the molecule is O=C(NCCCc1ncc[nH]1)[C@H]1CNC[C@@H](C(=O)N2CCOCC2)C1. The van der Waals surface area contributed by atoms with Gasteiger partial charge in [0.25, 0.3) is 0 Å². The number of aromatic amines is 1. The highest BCUT2D eigenvalue weighted by molar-refractivity contribution is 5.83. The molecule has 0 bridgehead atoms. The predicted octanol–water partition coefficient (Wildman–Crippen LogP) is -0.457. The maximum Gasteiger partial charge on any atom is 0.227 e. The molecule has 0 unspecified atom stereocenters. The first-order valence-electron chi connectivity index (χ1n) is 9.07. The van der Waals surface area contributed by atoms with E-state index in [1.165, 1.54) is 0 Å². The summed E-state index contributed by atoms with van der Waals surface area (Å²) < 4.78 is 5.30. The number of amides is 2. The van der Waals surface area contributed by atoms with Gasteiger partial charge in [-0.3, -0.25) is 9.59 Å². The molecule has 3 heterocycles. The second-order valence-electron chi connectivity index (χ2n) is 6.66. The van der Waals surface area contributed by atoms with E-state index in [2.05, 4.69) is 20.6 Å². The van der Waals surface area contributed by atoms with Crippen LogP contribution in [0.3, 0.4) is 0 Å². The fraction of sp³-hybridized carbons (Fsp3) is 0.706. The van der Waals surface area contributed by atoms with Crippen molar-refractivity contribution in [2.45, 2.75) is 19.3 Å². The Labute approximate surface area is 147 Å². The molecule has 2 saturated heterocycles. The number of carbonyl (C=O) groups excluding carboxylic acids is 2. The highest BCUT2D eigenvalue weighted by Gasteiger charge is 2.33. The number of nitrogens with zero attached hydrogens (tertiary/aromatic N) is 2. The molecule has 0 spiro atoms. The van der Waals surface area contributed by atoms with Gasteiger partial charge >= 0.3 is 0 Å². The molecule has 1 aromatic rings. The van der Waals surface area contributed by atoms with Crippen molar-refractivity contribution in [2.24, 2.45) is 11.8 Å². The number of ether oxygens (including phenoxy) is 1. The van der Waals surface area contributed by atoms with Crippen LogP contribution in [0, 0.1) is 11.8 Å². The minimum atomic E-state index is -0.146. The summed E-state index contributed by atoms with van der Waals surface area (Å²) in [5.74, 6) is 0.848. The van der Waals surface area contributed by atoms with Crippen molar-refractivity contribution in [1.29, 1.82) is 0 Å². The lowest BCUT2D eigenvalue weighted by Crippen LogP contribution is -2.51. The Morgan fingerprint density at radius 3 is 2.84 bits per heavy atom. The van der Waals surface area contributed by atoms with E-state index >= 15 is 0 Å². The Balaban J connectivity index is 1.40. The number of aryl methyl sites for hydroxylation is 1. The molecule has 2 aliphatic heterocycles. The Bertz CT molecular complexity index is 557. The molecule has 2 aliphatic rings. The molecule has 0 aromatic carbocycles. The number of H-pyrrole nitrogens is 1. The maximum atomic E-state index is 12.6. The number of hydrogen-bond donors (Lipinski definition) is 3. The quantitative estimate of drug-likeness (QED) is 0.604. The van der Waals surface area contributed by atoms with Gasteiger partial charge < -0.3 is 25.3 Å². The second kappa shape index (κ2) is 8.96. The van der Waals surface area contributed by atoms with E-state index < -0.39 is 0 Å². The van der Waals surface area contributed by atoms with Crippen LogP contribution in [0.15, 0.2) is 12.4 Å². The van der Waals surface area contributed by atoms with Crippen molar-refractivity contribution in [3.05, 3.63) is 18.2 Å². The van der Waals surface area contributed by atoms with E-state index in [0.29, 0.717) is 52.4 Å². The molecule has 8 nitrogen and oxygen atoms in total. The summed E-state index contributed by atoms with van der Waals surface area (Å²) in [6.45, 7) is 4.42. The van der Waals surface area contributed by atoms with Gasteiger partial charge in [0.2, 0.25) is 11.8 Å². The van der Waals surface area contributed by atoms with Crippen LogP contribution in [0.5, 0.6) is 0 Å². The summed E-state index contributed by atoms with van der Waals surface area (Å²) in [5.41, 5.74) is 0. The third-order valence-corrected chi connectivity index (χ3v) is 4.84. The van der Waals surface area contributed by atoms with E-state index in [-0.39, 0.29) is 23.7 Å². The van der Waals surface area contributed by atoms with Crippen LogP contribution >= 0.6 is 0 Å². The number of nitrogens with one attached hydrogen (secondary N) is 3. The standard InChI is InChI=1S/C17H27N5O3/c23-16(21-3-1-2-15-19-4-5-20-15)13-10-14(12-18-11-13)17(24)22-6-8-25-9-7-22/h4-5,13-14,18H,1-3,6-12H2,(H,19,20)(H,21,23)/t13-,14+/m1/s1. The molecule has 1 aromatic heterocycles. The minimum absolute atomic E-state index is 0.0337. The maximum absolute atomic E-state index is 12.6. The Morgan fingerprint density at radius 1 is 1.28 bits per heavy atom. The first-order chi connectivity index (χ1) is 12.2. The normalized spacial score (nSPS) is 24.1. The lowest BCUT2D eigenvalue weighted by atomic mass is 9.88. The molecular formula is C17H27N5O3. The van der Waals surface area contributed by atoms with Crippen molar-refractivity contribution < 1.29 is 14.3 Å². The van der Waals surface area contributed by atoms with Crippen molar-refractivity contribution in [1.82, 2.24) is 25.5 Å². The second-order valence-corrected chi connectivity index (χ2v) is 6.66. The highest BCUT2D eigenvalue weighted by atomic mass is 16.5. The number of carbonyl (C=O) groups is 2. The average Bonchev–Trinajstić information content (AvgIpc) is 3.19. The summed E-state index contributed by atoms with van der Waals surface area (Å²) in [6.07, 6.45) is 5.80. The first-order valence-corrected chi connectivity index (χ1v) is 9.07. The molecule has 0 aliphatic carbocycles.